The standard InChI is InChI=1S/C7H7N5OS2/c1-3-5(14-7(8)10-3)6(13)11-4-2-9-12-15-4/h2H,1H3,(H2,8,10)(H,11,13). The summed E-state index contributed by atoms with van der Waals surface area (Å²) in [6.07, 6.45) is 1.49. The van der Waals surface area contributed by atoms with Gasteiger partial charge in [0, 0.05) is 11.5 Å². The van der Waals surface area contributed by atoms with E-state index < -0.39 is 0 Å². The molecule has 2 rings (SSSR count). The van der Waals surface area contributed by atoms with Crippen molar-refractivity contribution in [2.75, 3.05) is 11.1 Å². The fraction of sp³-hybridized carbons (Fsp3) is 0.143. The Bertz CT molecular complexity index is 478. The minimum atomic E-state index is -0.229. The topological polar surface area (TPSA) is 93.8 Å². The van der Waals surface area contributed by atoms with Crippen LogP contribution in [0, 0.1) is 6.92 Å². The summed E-state index contributed by atoms with van der Waals surface area (Å²) in [5, 5.41) is 7.27. The number of carbonyl (C=O) groups excluding carboxylic acids is 1. The summed E-state index contributed by atoms with van der Waals surface area (Å²) >= 11 is 2.28. The summed E-state index contributed by atoms with van der Waals surface area (Å²) in [6.45, 7) is 1.74. The number of hydrogen-bond donors (Lipinski definition) is 2. The van der Waals surface area contributed by atoms with E-state index in [1.165, 1.54) is 6.20 Å². The second-order valence-corrected chi connectivity index (χ2v) is 4.52. The van der Waals surface area contributed by atoms with Gasteiger partial charge in [0.05, 0.1) is 11.9 Å². The molecular formula is C7H7N5OS2. The third kappa shape index (κ3) is 2.10. The highest BCUT2D eigenvalue weighted by molar-refractivity contribution is 7.17. The molecule has 0 unspecified atom stereocenters. The maximum atomic E-state index is 11.7. The molecule has 0 bridgehead atoms. The fourth-order valence-electron chi connectivity index (χ4n) is 1.02. The van der Waals surface area contributed by atoms with Crippen molar-refractivity contribution < 1.29 is 4.79 Å². The lowest BCUT2D eigenvalue weighted by Gasteiger charge is -1.97. The van der Waals surface area contributed by atoms with E-state index in [4.69, 9.17) is 5.73 Å². The van der Waals surface area contributed by atoms with Crippen molar-refractivity contribution in [2.45, 2.75) is 6.92 Å². The van der Waals surface area contributed by atoms with Gasteiger partial charge in [0.2, 0.25) is 0 Å². The van der Waals surface area contributed by atoms with E-state index in [0.717, 1.165) is 22.9 Å². The molecule has 2 aromatic rings. The highest BCUT2D eigenvalue weighted by atomic mass is 32.1. The zero-order chi connectivity index (χ0) is 10.8. The summed E-state index contributed by atoms with van der Waals surface area (Å²) in [4.78, 5) is 16.2. The summed E-state index contributed by atoms with van der Waals surface area (Å²) < 4.78 is 3.64. The van der Waals surface area contributed by atoms with Gasteiger partial charge in [-0.1, -0.05) is 15.8 Å². The molecule has 3 N–H and O–H groups in total. The van der Waals surface area contributed by atoms with Gasteiger partial charge in [-0.25, -0.2) is 4.98 Å². The summed E-state index contributed by atoms with van der Waals surface area (Å²) in [7, 11) is 0. The first-order valence-electron chi connectivity index (χ1n) is 3.98. The Hall–Kier alpha value is -1.54. The number of carbonyl (C=O) groups is 1. The molecule has 0 atom stereocenters. The number of amides is 1. The number of hydrogen-bond acceptors (Lipinski definition) is 7. The first kappa shape index (κ1) is 9.99. The van der Waals surface area contributed by atoms with E-state index in [1.807, 2.05) is 0 Å². The molecular weight excluding hydrogens is 234 g/mol. The SMILES string of the molecule is Cc1nc(N)sc1C(=O)Nc1cnns1. The quantitative estimate of drug-likeness (QED) is 0.822. The third-order valence-corrected chi connectivity index (χ3v) is 3.18. The average molecular weight is 241 g/mol. The maximum Gasteiger partial charge on any atom is 0.268 e. The van der Waals surface area contributed by atoms with Crippen molar-refractivity contribution in [3.63, 3.8) is 0 Å². The van der Waals surface area contributed by atoms with Gasteiger partial charge in [-0.05, 0) is 6.92 Å². The van der Waals surface area contributed by atoms with Gasteiger partial charge in [0.25, 0.3) is 5.91 Å². The molecule has 0 saturated heterocycles. The first-order chi connectivity index (χ1) is 7.16. The molecule has 0 radical (unpaired) electrons. The summed E-state index contributed by atoms with van der Waals surface area (Å²) in [5.41, 5.74) is 6.13. The molecule has 78 valence electrons. The lowest BCUT2D eigenvalue weighted by molar-refractivity contribution is 0.103. The molecule has 0 spiro atoms. The molecule has 0 fully saturated rings. The number of anilines is 2. The molecule has 0 aliphatic heterocycles. The predicted molar refractivity (Wildman–Crippen MR) is 59.1 cm³/mol. The van der Waals surface area contributed by atoms with E-state index in [0.29, 0.717) is 20.7 Å². The Morgan fingerprint density at radius 1 is 1.60 bits per heavy atom. The number of rotatable bonds is 2. The minimum absolute atomic E-state index is 0.229. The number of nitrogens with zero attached hydrogens (tertiary/aromatic N) is 3. The minimum Gasteiger partial charge on any atom is -0.375 e. The second-order valence-electron chi connectivity index (χ2n) is 2.70. The molecule has 15 heavy (non-hydrogen) atoms. The van der Waals surface area contributed by atoms with Crippen LogP contribution in [0.1, 0.15) is 15.4 Å². The van der Waals surface area contributed by atoms with Crippen molar-refractivity contribution in [1.29, 1.82) is 0 Å². The van der Waals surface area contributed by atoms with Crippen LogP contribution in [0.5, 0.6) is 0 Å². The van der Waals surface area contributed by atoms with Crippen molar-refractivity contribution in [3.8, 4) is 0 Å². The van der Waals surface area contributed by atoms with Crippen molar-refractivity contribution in [3.05, 3.63) is 16.8 Å². The fourth-order valence-corrected chi connectivity index (χ4v) is 2.16. The molecule has 0 aliphatic carbocycles. The molecule has 0 aliphatic rings. The van der Waals surface area contributed by atoms with Gasteiger partial charge in [-0.2, -0.15) is 0 Å². The molecule has 2 aromatic heterocycles. The van der Waals surface area contributed by atoms with Gasteiger partial charge >= 0.3 is 0 Å². The predicted octanol–water partition coefficient (Wildman–Crippen LogP) is 1.14. The Kier molecular flexibility index (Phi) is 2.60. The van der Waals surface area contributed by atoms with Crippen LogP contribution in [0.15, 0.2) is 6.20 Å². The monoisotopic (exact) mass is 241 g/mol. The van der Waals surface area contributed by atoms with E-state index in [2.05, 4.69) is 19.9 Å². The van der Waals surface area contributed by atoms with Crippen molar-refractivity contribution in [2.24, 2.45) is 0 Å². The highest BCUT2D eigenvalue weighted by Crippen LogP contribution is 2.21. The van der Waals surface area contributed by atoms with Crippen LogP contribution in [0.2, 0.25) is 0 Å². The number of thiazole rings is 1. The summed E-state index contributed by atoms with van der Waals surface area (Å²) in [5.74, 6) is -0.229. The van der Waals surface area contributed by atoms with Crippen LogP contribution in [-0.4, -0.2) is 20.5 Å². The zero-order valence-electron chi connectivity index (χ0n) is 7.72. The van der Waals surface area contributed by atoms with Crippen LogP contribution >= 0.6 is 22.9 Å². The number of aryl methyl sites for hydroxylation is 1. The van der Waals surface area contributed by atoms with E-state index in [1.54, 1.807) is 6.92 Å². The van der Waals surface area contributed by atoms with Gasteiger partial charge in [0.15, 0.2) is 5.13 Å². The van der Waals surface area contributed by atoms with Crippen molar-refractivity contribution in [1.82, 2.24) is 14.6 Å². The average Bonchev–Trinajstić information content (AvgIpc) is 2.75. The first-order valence-corrected chi connectivity index (χ1v) is 5.57. The molecule has 1 amide bonds. The Labute approximate surface area is 93.3 Å². The third-order valence-electron chi connectivity index (χ3n) is 1.62. The van der Waals surface area contributed by atoms with Gasteiger partial charge < -0.3 is 11.1 Å². The van der Waals surface area contributed by atoms with E-state index >= 15 is 0 Å². The number of nitrogens with one attached hydrogen (secondary N) is 1. The number of nitrogens with two attached hydrogens (primary N) is 1. The Morgan fingerprint density at radius 3 is 2.93 bits per heavy atom. The number of aromatic nitrogens is 3. The number of nitrogen functional groups attached to an aromatic ring is 1. The molecule has 0 saturated carbocycles. The van der Waals surface area contributed by atoms with E-state index in [-0.39, 0.29) is 5.91 Å². The van der Waals surface area contributed by atoms with Crippen LogP contribution in [0.4, 0.5) is 10.1 Å². The van der Waals surface area contributed by atoms with Gasteiger partial charge in [0.1, 0.15) is 9.88 Å². The smallest absolute Gasteiger partial charge is 0.268 e. The molecule has 8 heteroatoms. The Morgan fingerprint density at radius 2 is 2.40 bits per heavy atom. The van der Waals surface area contributed by atoms with Crippen LogP contribution in [0.3, 0.4) is 0 Å². The lowest BCUT2D eigenvalue weighted by atomic mass is 10.4. The van der Waals surface area contributed by atoms with E-state index in [9.17, 15) is 4.79 Å². The summed E-state index contributed by atoms with van der Waals surface area (Å²) in [6, 6.07) is 0. The maximum absolute atomic E-state index is 11.7. The van der Waals surface area contributed by atoms with Crippen LogP contribution < -0.4 is 11.1 Å². The van der Waals surface area contributed by atoms with Crippen LogP contribution in [0.25, 0.3) is 0 Å². The highest BCUT2D eigenvalue weighted by Gasteiger charge is 2.14. The largest absolute Gasteiger partial charge is 0.375 e. The van der Waals surface area contributed by atoms with Gasteiger partial charge in [-0.3, -0.25) is 4.79 Å². The Balaban J connectivity index is 2.18. The zero-order valence-corrected chi connectivity index (χ0v) is 9.35. The molecule has 2 heterocycles. The van der Waals surface area contributed by atoms with Gasteiger partial charge in [-0.15, -0.1) is 5.10 Å². The molecule has 0 aromatic carbocycles. The van der Waals surface area contributed by atoms with Crippen LogP contribution in [-0.2, 0) is 0 Å². The second kappa shape index (κ2) is 3.91. The van der Waals surface area contributed by atoms with Crippen molar-refractivity contribution >= 4 is 38.9 Å². The molecule has 6 nitrogen and oxygen atoms in total. The normalized spacial score (nSPS) is 10.2. The lowest BCUT2D eigenvalue weighted by Crippen LogP contribution is -2.10.